The number of carbonyl (C=O) groups is 2. The molecule has 0 bridgehead atoms. The van der Waals surface area contributed by atoms with E-state index in [1.807, 2.05) is 60.0 Å². The number of hydrogen-bond acceptors (Lipinski definition) is 5. The third kappa shape index (κ3) is 4.47. The molecule has 2 heterocycles. The van der Waals surface area contributed by atoms with Crippen molar-refractivity contribution in [1.82, 2.24) is 9.97 Å². The van der Waals surface area contributed by atoms with Crippen molar-refractivity contribution in [3.8, 4) is 11.3 Å². The van der Waals surface area contributed by atoms with E-state index in [-0.39, 0.29) is 18.2 Å². The number of pyridine rings is 1. The first-order chi connectivity index (χ1) is 14.1. The molecule has 0 atom stereocenters. The van der Waals surface area contributed by atoms with E-state index >= 15 is 0 Å². The summed E-state index contributed by atoms with van der Waals surface area (Å²) in [6, 6.07) is 17.1. The zero-order valence-corrected chi connectivity index (χ0v) is 16.5. The smallest absolute Gasteiger partial charge is 0.230 e. The number of amides is 2. The minimum atomic E-state index is -0.134. The Bertz CT molecular complexity index is 1180. The summed E-state index contributed by atoms with van der Waals surface area (Å²) in [5, 5.41) is 9.05. The number of carbonyl (C=O) groups excluding carboxylic acids is 2. The maximum Gasteiger partial charge on any atom is 0.230 e. The van der Waals surface area contributed by atoms with E-state index < -0.39 is 0 Å². The van der Waals surface area contributed by atoms with Gasteiger partial charge in [-0.2, -0.15) is 0 Å². The average Bonchev–Trinajstić information content (AvgIpc) is 3.17. The van der Waals surface area contributed by atoms with Crippen LogP contribution in [-0.2, 0) is 16.0 Å². The van der Waals surface area contributed by atoms with Crippen LogP contribution in [0, 0.1) is 0 Å². The fourth-order valence-electron chi connectivity index (χ4n) is 3.04. The maximum absolute atomic E-state index is 12.5. The number of aromatic nitrogens is 2. The molecule has 0 saturated heterocycles. The van der Waals surface area contributed by atoms with Gasteiger partial charge in [-0.25, -0.2) is 4.98 Å². The quantitative estimate of drug-likeness (QED) is 0.515. The third-order valence-corrected chi connectivity index (χ3v) is 5.08. The van der Waals surface area contributed by atoms with Crippen molar-refractivity contribution in [2.45, 2.75) is 13.3 Å². The standard InChI is InChI=1S/C22H18N4O2S/c1-14(27)24-18-9-7-15(8-10-18)19-13-29-22(25-19)26-20(28)12-17-5-2-4-16-6-3-11-23-21(16)17/h2-11,13H,12H2,1H3,(H,24,27)(H,25,26,28). The molecule has 6 nitrogen and oxygen atoms in total. The summed E-state index contributed by atoms with van der Waals surface area (Å²) in [6.45, 7) is 1.47. The van der Waals surface area contributed by atoms with Gasteiger partial charge < -0.3 is 10.6 Å². The van der Waals surface area contributed by atoms with E-state index in [1.165, 1.54) is 18.3 Å². The van der Waals surface area contributed by atoms with Crippen molar-refractivity contribution in [2.75, 3.05) is 10.6 Å². The molecule has 2 N–H and O–H groups in total. The van der Waals surface area contributed by atoms with Crippen LogP contribution in [0.15, 0.2) is 66.2 Å². The Morgan fingerprint density at radius 3 is 2.59 bits per heavy atom. The van der Waals surface area contributed by atoms with Crippen LogP contribution in [-0.4, -0.2) is 21.8 Å². The molecule has 0 unspecified atom stereocenters. The first kappa shape index (κ1) is 18.8. The van der Waals surface area contributed by atoms with E-state index in [1.54, 1.807) is 6.20 Å². The van der Waals surface area contributed by atoms with Crippen LogP contribution < -0.4 is 10.6 Å². The van der Waals surface area contributed by atoms with Crippen LogP contribution in [0.5, 0.6) is 0 Å². The molecule has 0 saturated carbocycles. The molecule has 29 heavy (non-hydrogen) atoms. The second-order valence-corrected chi connectivity index (χ2v) is 7.37. The van der Waals surface area contributed by atoms with E-state index in [9.17, 15) is 9.59 Å². The summed E-state index contributed by atoms with van der Waals surface area (Å²) >= 11 is 1.37. The summed E-state index contributed by atoms with van der Waals surface area (Å²) in [4.78, 5) is 32.5. The molecule has 0 fully saturated rings. The van der Waals surface area contributed by atoms with Crippen LogP contribution in [0.4, 0.5) is 10.8 Å². The van der Waals surface area contributed by atoms with Crippen molar-refractivity contribution in [3.05, 3.63) is 71.7 Å². The van der Waals surface area contributed by atoms with Gasteiger partial charge in [-0.05, 0) is 23.8 Å². The second kappa shape index (κ2) is 8.20. The summed E-state index contributed by atoms with van der Waals surface area (Å²) < 4.78 is 0. The lowest BCUT2D eigenvalue weighted by atomic mass is 10.1. The van der Waals surface area contributed by atoms with Gasteiger partial charge in [0.2, 0.25) is 11.8 Å². The van der Waals surface area contributed by atoms with E-state index in [2.05, 4.69) is 20.6 Å². The highest BCUT2D eigenvalue weighted by Gasteiger charge is 2.11. The molecule has 7 heteroatoms. The predicted molar refractivity (Wildman–Crippen MR) is 116 cm³/mol. The summed E-state index contributed by atoms with van der Waals surface area (Å²) in [5.74, 6) is -0.247. The van der Waals surface area contributed by atoms with Gasteiger partial charge >= 0.3 is 0 Å². The van der Waals surface area contributed by atoms with Gasteiger partial charge in [0.05, 0.1) is 17.6 Å². The molecule has 2 amide bonds. The molecule has 144 valence electrons. The van der Waals surface area contributed by atoms with Crippen molar-refractivity contribution < 1.29 is 9.59 Å². The fourth-order valence-corrected chi connectivity index (χ4v) is 3.77. The molecule has 0 aliphatic carbocycles. The lowest BCUT2D eigenvalue weighted by Crippen LogP contribution is -2.14. The maximum atomic E-state index is 12.5. The molecule has 2 aromatic carbocycles. The van der Waals surface area contributed by atoms with Gasteiger partial charge in [-0.15, -0.1) is 11.3 Å². The lowest BCUT2D eigenvalue weighted by molar-refractivity contribution is -0.116. The van der Waals surface area contributed by atoms with Crippen LogP contribution in [0.1, 0.15) is 12.5 Å². The SMILES string of the molecule is CC(=O)Nc1ccc(-c2csc(NC(=O)Cc3cccc4cccnc34)n2)cc1. The molecule has 0 aliphatic rings. The zero-order chi connectivity index (χ0) is 20.2. The van der Waals surface area contributed by atoms with Gasteiger partial charge in [0, 0.05) is 35.1 Å². The van der Waals surface area contributed by atoms with Crippen molar-refractivity contribution in [3.63, 3.8) is 0 Å². The van der Waals surface area contributed by atoms with Gasteiger partial charge in [0.15, 0.2) is 5.13 Å². The number of anilines is 2. The molecular formula is C22H18N4O2S. The highest BCUT2D eigenvalue weighted by Crippen LogP contribution is 2.26. The minimum absolute atomic E-state index is 0.113. The van der Waals surface area contributed by atoms with E-state index in [0.29, 0.717) is 5.13 Å². The minimum Gasteiger partial charge on any atom is -0.326 e. The Morgan fingerprint density at radius 1 is 1.00 bits per heavy atom. The van der Waals surface area contributed by atoms with Crippen LogP contribution in [0.2, 0.25) is 0 Å². The second-order valence-electron chi connectivity index (χ2n) is 6.51. The molecular weight excluding hydrogens is 384 g/mol. The number of rotatable bonds is 5. The van der Waals surface area contributed by atoms with Crippen LogP contribution in [0.25, 0.3) is 22.2 Å². The number of thiazole rings is 1. The summed E-state index contributed by atoms with van der Waals surface area (Å²) in [7, 11) is 0. The Balaban J connectivity index is 1.44. The van der Waals surface area contributed by atoms with Gasteiger partial charge in [-0.1, -0.05) is 36.4 Å². The number of benzene rings is 2. The normalized spacial score (nSPS) is 10.7. The van der Waals surface area contributed by atoms with Crippen LogP contribution in [0.3, 0.4) is 0 Å². The van der Waals surface area contributed by atoms with Gasteiger partial charge in [0.25, 0.3) is 0 Å². The van der Waals surface area contributed by atoms with E-state index in [0.717, 1.165) is 33.4 Å². The fraction of sp³-hybridized carbons (Fsp3) is 0.0909. The largest absolute Gasteiger partial charge is 0.326 e. The molecule has 0 radical (unpaired) electrons. The predicted octanol–water partition coefficient (Wildman–Crippen LogP) is 4.50. The number of nitrogens with one attached hydrogen (secondary N) is 2. The Labute approximate surface area is 171 Å². The molecule has 4 aromatic rings. The van der Waals surface area contributed by atoms with E-state index in [4.69, 9.17) is 0 Å². The van der Waals surface area contributed by atoms with Gasteiger partial charge in [0.1, 0.15) is 0 Å². The highest BCUT2D eigenvalue weighted by atomic mass is 32.1. The lowest BCUT2D eigenvalue weighted by Gasteiger charge is -2.05. The topological polar surface area (TPSA) is 84.0 Å². The number of fused-ring (bicyclic) bond motifs is 1. The number of hydrogen-bond donors (Lipinski definition) is 2. The molecule has 2 aromatic heterocycles. The number of para-hydroxylation sites is 1. The molecule has 0 spiro atoms. The first-order valence-corrected chi connectivity index (χ1v) is 9.92. The van der Waals surface area contributed by atoms with Crippen LogP contribution >= 0.6 is 11.3 Å². The Kier molecular flexibility index (Phi) is 5.31. The van der Waals surface area contributed by atoms with Gasteiger partial charge in [-0.3, -0.25) is 14.6 Å². The first-order valence-electron chi connectivity index (χ1n) is 9.04. The molecule has 4 rings (SSSR count). The number of nitrogens with zero attached hydrogens (tertiary/aromatic N) is 2. The van der Waals surface area contributed by atoms with Crippen molar-refractivity contribution in [2.24, 2.45) is 0 Å². The van der Waals surface area contributed by atoms with Crippen molar-refractivity contribution in [1.29, 1.82) is 0 Å². The Morgan fingerprint density at radius 2 is 1.79 bits per heavy atom. The summed E-state index contributed by atoms with van der Waals surface area (Å²) in [5.41, 5.74) is 4.13. The average molecular weight is 402 g/mol. The zero-order valence-electron chi connectivity index (χ0n) is 15.7. The molecule has 0 aliphatic heterocycles. The summed E-state index contributed by atoms with van der Waals surface area (Å²) in [6.07, 6.45) is 1.96. The monoisotopic (exact) mass is 402 g/mol. The van der Waals surface area contributed by atoms with Crippen molar-refractivity contribution >= 4 is 44.9 Å². The Hall–Kier alpha value is -3.58. The highest BCUT2D eigenvalue weighted by molar-refractivity contribution is 7.14. The third-order valence-electron chi connectivity index (χ3n) is 4.32.